The quantitative estimate of drug-likeness (QED) is 0.146. The molecular formula is C29H44O3S. The molecule has 0 aromatic heterocycles. The van der Waals surface area contributed by atoms with Gasteiger partial charge in [0.2, 0.25) is 0 Å². The molecule has 0 aliphatic rings. The summed E-state index contributed by atoms with van der Waals surface area (Å²) in [6.45, 7) is 13.0. The highest BCUT2D eigenvalue weighted by atomic mass is 32.2. The summed E-state index contributed by atoms with van der Waals surface area (Å²) in [5.74, 6) is 0. The minimum atomic E-state index is -3.66. The van der Waals surface area contributed by atoms with Crippen LogP contribution >= 0.6 is 0 Å². The van der Waals surface area contributed by atoms with E-state index >= 15 is 0 Å². The van der Waals surface area contributed by atoms with E-state index in [-0.39, 0.29) is 11.5 Å². The van der Waals surface area contributed by atoms with Crippen molar-refractivity contribution in [3.8, 4) is 0 Å². The van der Waals surface area contributed by atoms with Gasteiger partial charge < -0.3 is 0 Å². The summed E-state index contributed by atoms with van der Waals surface area (Å²) >= 11 is 0. The molecule has 0 aliphatic carbocycles. The topological polar surface area (TPSA) is 43.4 Å². The number of benzene rings is 1. The van der Waals surface area contributed by atoms with Crippen LogP contribution in [0.2, 0.25) is 0 Å². The number of aryl methyl sites for hydroxylation is 1. The molecule has 0 fully saturated rings. The van der Waals surface area contributed by atoms with Crippen LogP contribution in [0.25, 0.3) is 0 Å². The molecule has 184 valence electrons. The molecule has 0 atom stereocenters. The number of rotatable bonds is 15. The normalized spacial score (nSPS) is 13.3. The highest BCUT2D eigenvalue weighted by Crippen LogP contribution is 2.16. The largest absolute Gasteiger partial charge is 0.296 e. The Morgan fingerprint density at radius 2 is 1.18 bits per heavy atom. The van der Waals surface area contributed by atoms with Gasteiger partial charge in [0.05, 0.1) is 11.5 Å². The summed E-state index contributed by atoms with van der Waals surface area (Å²) in [5, 5.41) is 0. The molecule has 0 amide bonds. The van der Waals surface area contributed by atoms with E-state index < -0.39 is 10.1 Å². The van der Waals surface area contributed by atoms with Gasteiger partial charge in [-0.15, -0.1) is 0 Å². The third-order valence-corrected chi connectivity index (χ3v) is 6.87. The van der Waals surface area contributed by atoms with Crippen LogP contribution in [0.5, 0.6) is 0 Å². The summed E-state index contributed by atoms with van der Waals surface area (Å²) in [4.78, 5) is 0.219. The molecule has 0 radical (unpaired) electrons. The molecule has 0 saturated carbocycles. The van der Waals surface area contributed by atoms with Crippen LogP contribution in [0.1, 0.15) is 91.5 Å². The van der Waals surface area contributed by atoms with Crippen molar-refractivity contribution in [2.45, 2.75) is 97.8 Å². The van der Waals surface area contributed by atoms with Gasteiger partial charge in [-0.2, -0.15) is 8.42 Å². The summed E-state index contributed by atoms with van der Waals surface area (Å²) < 4.78 is 29.5. The van der Waals surface area contributed by atoms with E-state index in [1.807, 2.05) is 6.92 Å². The monoisotopic (exact) mass is 472 g/mol. The van der Waals surface area contributed by atoms with Crippen LogP contribution in [0.4, 0.5) is 0 Å². The molecule has 0 unspecified atom stereocenters. The fraction of sp³-hybridized carbons (Fsp3) is 0.517. The van der Waals surface area contributed by atoms with Gasteiger partial charge >= 0.3 is 0 Å². The highest BCUT2D eigenvalue weighted by Gasteiger charge is 2.14. The Hall–Kier alpha value is -1.91. The first-order valence-electron chi connectivity index (χ1n) is 12.2. The minimum absolute atomic E-state index is 0.209. The van der Waals surface area contributed by atoms with E-state index in [0.29, 0.717) is 6.42 Å². The van der Waals surface area contributed by atoms with Gasteiger partial charge in [-0.3, -0.25) is 4.18 Å². The van der Waals surface area contributed by atoms with E-state index in [9.17, 15) is 8.42 Å². The van der Waals surface area contributed by atoms with Gasteiger partial charge in [-0.05, 0) is 105 Å². The zero-order valence-corrected chi connectivity index (χ0v) is 22.4. The van der Waals surface area contributed by atoms with Crippen LogP contribution in [0.3, 0.4) is 0 Å². The fourth-order valence-corrected chi connectivity index (χ4v) is 4.30. The molecule has 0 saturated heterocycles. The van der Waals surface area contributed by atoms with E-state index in [1.54, 1.807) is 24.3 Å². The van der Waals surface area contributed by atoms with Crippen LogP contribution in [0.15, 0.2) is 75.8 Å². The Balaban J connectivity index is 2.24. The summed E-state index contributed by atoms with van der Waals surface area (Å²) in [7, 11) is -3.66. The van der Waals surface area contributed by atoms with E-state index in [2.05, 4.69) is 58.9 Å². The summed E-state index contributed by atoms with van der Waals surface area (Å²) in [6.07, 6.45) is 17.4. The van der Waals surface area contributed by atoms with E-state index in [1.165, 1.54) is 22.3 Å². The highest BCUT2D eigenvalue weighted by molar-refractivity contribution is 7.86. The second kappa shape index (κ2) is 15.8. The molecule has 0 aliphatic heterocycles. The maximum atomic E-state index is 12.2. The van der Waals surface area contributed by atoms with Crippen molar-refractivity contribution >= 4 is 10.1 Å². The van der Waals surface area contributed by atoms with E-state index in [0.717, 1.165) is 50.5 Å². The SMILES string of the molecule is CC(C)=CCCC(C)=CCCC(C)=CCCC(C)=CCCCOS(=O)(=O)c1ccc(C)cc1. The molecule has 0 heterocycles. The van der Waals surface area contributed by atoms with Crippen molar-refractivity contribution in [1.82, 2.24) is 0 Å². The van der Waals surface area contributed by atoms with Gasteiger partial charge in [-0.25, -0.2) is 0 Å². The average molecular weight is 473 g/mol. The molecule has 3 nitrogen and oxygen atoms in total. The Morgan fingerprint density at radius 3 is 1.67 bits per heavy atom. The molecule has 1 aromatic carbocycles. The molecule has 0 N–H and O–H groups in total. The first-order valence-corrected chi connectivity index (χ1v) is 13.6. The third kappa shape index (κ3) is 14.1. The molecular weight excluding hydrogens is 428 g/mol. The van der Waals surface area contributed by atoms with Gasteiger partial charge in [0.15, 0.2) is 0 Å². The fourth-order valence-electron chi connectivity index (χ4n) is 3.36. The van der Waals surface area contributed by atoms with Crippen molar-refractivity contribution in [3.05, 3.63) is 76.4 Å². The van der Waals surface area contributed by atoms with E-state index in [4.69, 9.17) is 4.18 Å². The Morgan fingerprint density at radius 1 is 0.727 bits per heavy atom. The first-order chi connectivity index (χ1) is 15.6. The van der Waals surface area contributed by atoms with Gasteiger partial charge in [0.25, 0.3) is 10.1 Å². The third-order valence-electron chi connectivity index (χ3n) is 5.54. The summed E-state index contributed by atoms with van der Waals surface area (Å²) in [6, 6.07) is 6.74. The standard InChI is InChI=1S/C29H44O3S/c1-24(2)12-9-14-26(4)16-11-18-27(5)17-10-15-25(3)13-7-8-23-32-33(30,31)29-21-19-28(6)20-22-29/h12-13,16-17,19-22H,7-11,14-15,18,23H2,1-6H3. The molecule has 1 aromatic rings. The molecule has 33 heavy (non-hydrogen) atoms. The number of unbranched alkanes of at least 4 members (excludes halogenated alkanes) is 1. The lowest BCUT2D eigenvalue weighted by molar-refractivity contribution is 0.313. The maximum absolute atomic E-state index is 12.2. The minimum Gasteiger partial charge on any atom is -0.266 e. The summed E-state index contributed by atoms with van der Waals surface area (Å²) in [5.41, 5.74) is 6.69. The number of hydrogen-bond acceptors (Lipinski definition) is 3. The first kappa shape index (κ1) is 29.1. The lowest BCUT2D eigenvalue weighted by atomic mass is 10.0. The molecule has 0 bridgehead atoms. The van der Waals surface area contributed by atoms with Crippen molar-refractivity contribution in [2.75, 3.05) is 6.61 Å². The van der Waals surface area contributed by atoms with Crippen molar-refractivity contribution < 1.29 is 12.6 Å². The lowest BCUT2D eigenvalue weighted by Crippen LogP contribution is -2.07. The van der Waals surface area contributed by atoms with Crippen molar-refractivity contribution in [1.29, 1.82) is 0 Å². The number of allylic oxidation sites excluding steroid dienone is 8. The molecule has 1 rings (SSSR count). The van der Waals surface area contributed by atoms with Crippen LogP contribution < -0.4 is 0 Å². The van der Waals surface area contributed by atoms with Crippen LogP contribution in [-0.2, 0) is 14.3 Å². The lowest BCUT2D eigenvalue weighted by Gasteiger charge is -2.05. The van der Waals surface area contributed by atoms with Gasteiger partial charge in [0, 0.05) is 0 Å². The smallest absolute Gasteiger partial charge is 0.266 e. The predicted octanol–water partition coefficient (Wildman–Crippen LogP) is 8.63. The van der Waals surface area contributed by atoms with Gasteiger partial charge in [0.1, 0.15) is 0 Å². The average Bonchev–Trinajstić information content (AvgIpc) is 2.73. The van der Waals surface area contributed by atoms with Crippen LogP contribution in [0, 0.1) is 6.92 Å². The zero-order valence-electron chi connectivity index (χ0n) is 21.6. The Bertz CT molecular complexity index is 926. The number of hydrogen-bond donors (Lipinski definition) is 0. The predicted molar refractivity (Wildman–Crippen MR) is 142 cm³/mol. The molecule has 0 spiro atoms. The van der Waals surface area contributed by atoms with Crippen LogP contribution in [-0.4, -0.2) is 15.0 Å². The maximum Gasteiger partial charge on any atom is 0.296 e. The molecule has 4 heteroatoms. The Kier molecular flexibility index (Phi) is 14.0. The van der Waals surface area contributed by atoms with Gasteiger partial charge in [-0.1, -0.05) is 64.3 Å². The second-order valence-corrected chi connectivity index (χ2v) is 10.9. The Labute approximate surface area is 203 Å². The van der Waals surface area contributed by atoms with Crippen molar-refractivity contribution in [3.63, 3.8) is 0 Å². The van der Waals surface area contributed by atoms with Crippen molar-refractivity contribution in [2.24, 2.45) is 0 Å². The second-order valence-electron chi connectivity index (χ2n) is 9.28. The zero-order chi connectivity index (χ0) is 24.7.